The third-order valence-electron chi connectivity index (χ3n) is 4.45. The van der Waals surface area contributed by atoms with Crippen molar-refractivity contribution in [2.75, 3.05) is 25.0 Å². The number of fused-ring (bicyclic) bond motifs is 1. The van der Waals surface area contributed by atoms with Gasteiger partial charge in [-0.1, -0.05) is 6.92 Å². The zero-order valence-electron chi connectivity index (χ0n) is 12.7. The Bertz CT molecular complexity index is 714. The summed E-state index contributed by atoms with van der Waals surface area (Å²) in [6.07, 6.45) is 3.88. The number of carbonyl (C=O) groups is 1. The molecule has 0 bridgehead atoms. The van der Waals surface area contributed by atoms with Crippen molar-refractivity contribution in [1.82, 2.24) is 19.9 Å². The van der Waals surface area contributed by atoms with Crippen LogP contribution in [0.1, 0.15) is 18.9 Å². The quantitative estimate of drug-likeness (QED) is 0.729. The molecule has 22 heavy (non-hydrogen) atoms. The fraction of sp³-hybridized carbons (Fsp3) is 0.500. The number of rotatable bonds is 3. The maximum atomic E-state index is 11.2. The van der Waals surface area contributed by atoms with Crippen LogP contribution in [0.2, 0.25) is 0 Å². The second-order valence-electron chi connectivity index (χ2n) is 5.71. The van der Waals surface area contributed by atoms with Crippen molar-refractivity contribution in [1.29, 1.82) is 0 Å². The van der Waals surface area contributed by atoms with E-state index in [1.165, 1.54) is 18.3 Å². The monoisotopic (exact) mass is 304 g/mol. The van der Waals surface area contributed by atoms with Crippen molar-refractivity contribution in [2.24, 2.45) is 5.73 Å². The van der Waals surface area contributed by atoms with Crippen LogP contribution >= 0.6 is 0 Å². The van der Waals surface area contributed by atoms with Crippen LogP contribution in [0.4, 0.5) is 10.6 Å². The van der Waals surface area contributed by atoms with Gasteiger partial charge in [0.1, 0.15) is 23.5 Å². The molecule has 3 heterocycles. The van der Waals surface area contributed by atoms with Gasteiger partial charge in [-0.05, 0) is 12.0 Å². The molecule has 1 aliphatic heterocycles. The molecular formula is C14H20N6O2. The van der Waals surface area contributed by atoms with Gasteiger partial charge in [-0.15, -0.1) is 0 Å². The Morgan fingerprint density at radius 2 is 2.36 bits per heavy atom. The summed E-state index contributed by atoms with van der Waals surface area (Å²) in [4.78, 5) is 26.2. The summed E-state index contributed by atoms with van der Waals surface area (Å²) >= 11 is 0. The fourth-order valence-corrected chi connectivity index (χ4v) is 2.99. The molecule has 0 radical (unpaired) electrons. The average molecular weight is 304 g/mol. The van der Waals surface area contributed by atoms with Crippen LogP contribution in [0.15, 0.2) is 12.5 Å². The molecule has 1 atom stereocenters. The normalized spacial score (nSPS) is 21.5. The summed E-state index contributed by atoms with van der Waals surface area (Å²) < 4.78 is 0. The van der Waals surface area contributed by atoms with Crippen LogP contribution in [0.3, 0.4) is 0 Å². The highest BCUT2D eigenvalue weighted by Gasteiger charge is 2.41. The third-order valence-corrected chi connectivity index (χ3v) is 4.45. The van der Waals surface area contributed by atoms with Gasteiger partial charge in [0.15, 0.2) is 0 Å². The Kier molecular flexibility index (Phi) is 3.40. The number of nitrogens with two attached hydrogens (primary N) is 1. The second kappa shape index (κ2) is 5.13. The molecule has 1 aliphatic rings. The van der Waals surface area contributed by atoms with Gasteiger partial charge in [0.25, 0.3) is 0 Å². The van der Waals surface area contributed by atoms with E-state index in [1.54, 1.807) is 0 Å². The van der Waals surface area contributed by atoms with E-state index in [4.69, 9.17) is 5.73 Å². The molecule has 8 heteroatoms. The Labute approximate surface area is 127 Å². The molecule has 1 saturated heterocycles. The molecule has 2 aromatic rings. The minimum atomic E-state index is -1.02. The van der Waals surface area contributed by atoms with Crippen molar-refractivity contribution in [3.63, 3.8) is 0 Å². The smallest absolute Gasteiger partial charge is 0.408 e. The molecule has 4 N–H and O–H groups in total. The average Bonchev–Trinajstić information content (AvgIpc) is 3.10. The van der Waals surface area contributed by atoms with Gasteiger partial charge in [-0.3, -0.25) is 4.90 Å². The highest BCUT2D eigenvalue weighted by Crippen LogP contribution is 2.32. The number of nitrogens with zero attached hydrogens (tertiary/aromatic N) is 4. The van der Waals surface area contributed by atoms with Crippen LogP contribution in [-0.2, 0) is 6.42 Å². The first kappa shape index (κ1) is 14.6. The number of likely N-dealkylation sites (N-methyl/N-ethyl adjacent to an activating group) is 1. The number of hydrogen-bond acceptors (Lipinski definition) is 5. The molecule has 0 spiro atoms. The topological polar surface area (TPSA) is 111 Å². The Balaban J connectivity index is 1.97. The van der Waals surface area contributed by atoms with Gasteiger partial charge in [0.05, 0.1) is 11.9 Å². The number of amides is 1. The molecule has 1 amide bonds. The number of aromatic amines is 1. The van der Waals surface area contributed by atoms with E-state index in [2.05, 4.69) is 21.9 Å². The second-order valence-corrected chi connectivity index (χ2v) is 5.71. The number of anilines is 1. The first-order valence-electron chi connectivity index (χ1n) is 7.28. The number of hydrogen-bond donors (Lipinski definition) is 3. The lowest BCUT2D eigenvalue weighted by atomic mass is 10.1. The Morgan fingerprint density at radius 3 is 3.05 bits per heavy atom. The first-order valence-corrected chi connectivity index (χ1v) is 7.28. The first-order chi connectivity index (χ1) is 10.5. The van der Waals surface area contributed by atoms with Crippen LogP contribution in [-0.4, -0.2) is 56.9 Å². The zero-order chi connectivity index (χ0) is 15.9. The van der Waals surface area contributed by atoms with Crippen LogP contribution < -0.4 is 10.6 Å². The summed E-state index contributed by atoms with van der Waals surface area (Å²) in [7, 11) is 1.51. The molecular weight excluding hydrogens is 284 g/mol. The molecule has 0 saturated carbocycles. The van der Waals surface area contributed by atoms with Crippen molar-refractivity contribution < 1.29 is 9.90 Å². The van der Waals surface area contributed by atoms with E-state index in [0.29, 0.717) is 19.5 Å². The Hall–Kier alpha value is -2.35. The maximum Gasteiger partial charge on any atom is 0.408 e. The number of carboxylic acid groups (broad SMARTS) is 1. The summed E-state index contributed by atoms with van der Waals surface area (Å²) in [5, 5.41) is 10.2. The van der Waals surface area contributed by atoms with E-state index >= 15 is 0 Å². The van der Waals surface area contributed by atoms with Crippen LogP contribution in [0.5, 0.6) is 0 Å². The molecule has 0 aromatic carbocycles. The van der Waals surface area contributed by atoms with Crippen LogP contribution in [0, 0.1) is 0 Å². The Morgan fingerprint density at radius 1 is 1.59 bits per heavy atom. The van der Waals surface area contributed by atoms with Gasteiger partial charge < -0.3 is 20.7 Å². The van der Waals surface area contributed by atoms with E-state index < -0.39 is 11.8 Å². The van der Waals surface area contributed by atoms with Crippen molar-refractivity contribution in [2.45, 2.75) is 25.4 Å². The number of nitrogens with one attached hydrogen (secondary N) is 1. The van der Waals surface area contributed by atoms with Gasteiger partial charge >= 0.3 is 6.09 Å². The summed E-state index contributed by atoms with van der Waals surface area (Å²) in [5.74, 6) is 0.814. The van der Waals surface area contributed by atoms with E-state index in [1.807, 2.05) is 11.1 Å². The predicted molar refractivity (Wildman–Crippen MR) is 82.8 cm³/mol. The highest BCUT2D eigenvalue weighted by atomic mass is 16.4. The minimum Gasteiger partial charge on any atom is -0.465 e. The molecule has 8 nitrogen and oxygen atoms in total. The van der Waals surface area contributed by atoms with Crippen molar-refractivity contribution in [3.05, 3.63) is 18.1 Å². The zero-order valence-corrected chi connectivity index (χ0v) is 12.7. The minimum absolute atomic E-state index is 0.413. The van der Waals surface area contributed by atoms with Crippen LogP contribution in [0.25, 0.3) is 11.0 Å². The summed E-state index contributed by atoms with van der Waals surface area (Å²) in [6.45, 7) is 3.15. The molecule has 2 aromatic heterocycles. The molecule has 118 valence electrons. The van der Waals surface area contributed by atoms with Crippen molar-refractivity contribution >= 4 is 22.9 Å². The largest absolute Gasteiger partial charge is 0.465 e. The van der Waals surface area contributed by atoms with E-state index in [-0.39, 0.29) is 0 Å². The van der Waals surface area contributed by atoms with Gasteiger partial charge in [-0.25, -0.2) is 14.8 Å². The molecule has 1 fully saturated rings. The molecule has 0 unspecified atom stereocenters. The summed E-state index contributed by atoms with van der Waals surface area (Å²) in [5.41, 5.74) is 7.32. The predicted octanol–water partition coefficient (Wildman–Crippen LogP) is 0.995. The number of aromatic nitrogens is 3. The maximum absolute atomic E-state index is 11.2. The van der Waals surface area contributed by atoms with E-state index in [9.17, 15) is 9.90 Å². The lowest BCUT2D eigenvalue weighted by molar-refractivity contribution is 0.106. The standard InChI is InChI=1S/C14H20N6O2/c1-3-9-6-16-11-10(9)12(18-8-17-11)20-5-4-14(15,7-20)19(2)13(21)22/h6,8H,3-5,7,15H2,1-2H3,(H,21,22)(H,16,17,18)/t14-/m0/s1. The lowest BCUT2D eigenvalue weighted by Crippen LogP contribution is -2.58. The number of aryl methyl sites for hydroxylation is 1. The van der Waals surface area contributed by atoms with Gasteiger partial charge in [0.2, 0.25) is 0 Å². The van der Waals surface area contributed by atoms with Gasteiger partial charge in [0, 0.05) is 26.2 Å². The SMILES string of the molecule is CCc1c[nH]c2ncnc(N3CC[C@](N)(N(C)C(=O)O)C3)c12. The highest BCUT2D eigenvalue weighted by molar-refractivity contribution is 5.91. The molecule has 0 aliphatic carbocycles. The third kappa shape index (κ3) is 2.16. The lowest BCUT2D eigenvalue weighted by Gasteiger charge is -2.33. The fourth-order valence-electron chi connectivity index (χ4n) is 2.99. The molecule has 3 rings (SSSR count). The van der Waals surface area contributed by atoms with Crippen molar-refractivity contribution in [3.8, 4) is 0 Å². The summed E-state index contributed by atoms with van der Waals surface area (Å²) in [6, 6.07) is 0. The van der Waals surface area contributed by atoms with Gasteiger partial charge in [-0.2, -0.15) is 0 Å². The van der Waals surface area contributed by atoms with E-state index in [0.717, 1.165) is 28.8 Å². The number of H-pyrrole nitrogens is 1.